The second-order valence-corrected chi connectivity index (χ2v) is 9.56. The van der Waals surface area contributed by atoms with E-state index in [0.29, 0.717) is 31.1 Å². The number of benzene rings is 2. The van der Waals surface area contributed by atoms with Crippen LogP contribution in [0.1, 0.15) is 43.5 Å². The molecule has 0 saturated heterocycles. The summed E-state index contributed by atoms with van der Waals surface area (Å²) in [4.78, 5) is 14.5. The summed E-state index contributed by atoms with van der Waals surface area (Å²) in [6.45, 7) is 9.54. The van der Waals surface area contributed by atoms with E-state index >= 15 is 0 Å². The zero-order valence-electron chi connectivity index (χ0n) is 18.6. The number of sulfonamides is 1. The Hall–Kier alpha value is -2.22. The normalized spacial score (nSPS) is 12.7. The lowest BCUT2D eigenvalue weighted by Gasteiger charge is -2.19. The largest absolute Gasteiger partial charge is 0.337 e. The zero-order chi connectivity index (χ0) is 22.3. The SMILES string of the molecule is CCN(CC)S(=O)(=O)c1ccc([C@@H](C)[NH2+]CC(=O)N(C)Cc2ccc(C)cc2)cc1. The van der Waals surface area contributed by atoms with E-state index in [1.165, 1.54) is 9.87 Å². The molecule has 6 nitrogen and oxygen atoms in total. The Morgan fingerprint density at radius 2 is 1.57 bits per heavy atom. The third-order valence-electron chi connectivity index (χ3n) is 5.36. The predicted octanol–water partition coefficient (Wildman–Crippen LogP) is 2.31. The Kier molecular flexibility index (Phi) is 8.58. The second-order valence-electron chi connectivity index (χ2n) is 7.62. The Morgan fingerprint density at radius 1 is 1.00 bits per heavy atom. The number of nitrogens with zero attached hydrogens (tertiary/aromatic N) is 2. The van der Waals surface area contributed by atoms with E-state index in [4.69, 9.17) is 0 Å². The third-order valence-corrected chi connectivity index (χ3v) is 7.43. The van der Waals surface area contributed by atoms with Gasteiger partial charge in [-0.05, 0) is 31.5 Å². The van der Waals surface area contributed by atoms with E-state index < -0.39 is 10.0 Å². The molecule has 1 amide bonds. The van der Waals surface area contributed by atoms with Crippen LogP contribution < -0.4 is 5.32 Å². The molecular weight excluding hydrogens is 398 g/mol. The maximum absolute atomic E-state index is 12.6. The van der Waals surface area contributed by atoms with Crippen molar-refractivity contribution in [1.82, 2.24) is 9.21 Å². The van der Waals surface area contributed by atoms with Crippen LogP contribution in [0.15, 0.2) is 53.4 Å². The highest BCUT2D eigenvalue weighted by Gasteiger charge is 2.22. The van der Waals surface area contributed by atoms with Gasteiger partial charge in [-0.15, -0.1) is 0 Å². The van der Waals surface area contributed by atoms with Crippen LogP contribution in [0.25, 0.3) is 0 Å². The van der Waals surface area contributed by atoms with Gasteiger partial charge in [-0.2, -0.15) is 4.31 Å². The highest BCUT2D eigenvalue weighted by atomic mass is 32.2. The van der Waals surface area contributed by atoms with E-state index in [1.54, 1.807) is 17.0 Å². The van der Waals surface area contributed by atoms with Gasteiger partial charge in [0.1, 0.15) is 6.04 Å². The fourth-order valence-electron chi connectivity index (χ4n) is 3.28. The molecule has 2 N–H and O–H groups in total. The summed E-state index contributed by atoms with van der Waals surface area (Å²) in [5.74, 6) is 0.0585. The summed E-state index contributed by atoms with van der Waals surface area (Å²) in [5, 5.41) is 1.97. The average molecular weight is 433 g/mol. The van der Waals surface area contributed by atoms with E-state index in [9.17, 15) is 13.2 Å². The predicted molar refractivity (Wildman–Crippen MR) is 119 cm³/mol. The highest BCUT2D eigenvalue weighted by Crippen LogP contribution is 2.18. The Balaban J connectivity index is 1.93. The van der Waals surface area contributed by atoms with Crippen molar-refractivity contribution in [3.05, 3.63) is 65.2 Å². The molecule has 0 aromatic heterocycles. The van der Waals surface area contributed by atoms with Crippen LogP contribution >= 0.6 is 0 Å². The van der Waals surface area contributed by atoms with Crippen LogP contribution in [-0.2, 0) is 21.4 Å². The van der Waals surface area contributed by atoms with Crippen LogP contribution in [0, 0.1) is 6.92 Å². The first-order chi connectivity index (χ1) is 14.2. The number of hydrogen-bond acceptors (Lipinski definition) is 3. The molecule has 164 valence electrons. The summed E-state index contributed by atoms with van der Waals surface area (Å²) >= 11 is 0. The van der Waals surface area contributed by atoms with Gasteiger partial charge < -0.3 is 10.2 Å². The summed E-state index contributed by atoms with van der Waals surface area (Å²) in [6, 6.07) is 15.2. The minimum atomic E-state index is -3.45. The van der Waals surface area contributed by atoms with E-state index in [1.807, 2.05) is 76.5 Å². The number of nitrogens with two attached hydrogens (primary N) is 1. The number of carbonyl (C=O) groups is 1. The summed E-state index contributed by atoms with van der Waals surface area (Å²) < 4.78 is 26.6. The fraction of sp³-hybridized carbons (Fsp3) is 0.435. The van der Waals surface area contributed by atoms with E-state index in [0.717, 1.165) is 11.1 Å². The molecule has 0 aliphatic carbocycles. The molecule has 0 fully saturated rings. The fourth-order valence-corrected chi connectivity index (χ4v) is 4.74. The van der Waals surface area contributed by atoms with Crippen LogP contribution in [0.5, 0.6) is 0 Å². The first kappa shape index (κ1) is 24.1. The monoisotopic (exact) mass is 432 g/mol. The van der Waals surface area contributed by atoms with Gasteiger partial charge in [0.15, 0.2) is 6.54 Å². The summed E-state index contributed by atoms with van der Waals surface area (Å²) in [5.41, 5.74) is 3.29. The molecule has 0 bridgehead atoms. The quantitative estimate of drug-likeness (QED) is 0.626. The van der Waals surface area contributed by atoms with Gasteiger partial charge in [0.25, 0.3) is 5.91 Å². The van der Waals surface area contributed by atoms with Gasteiger partial charge >= 0.3 is 0 Å². The average Bonchev–Trinajstić information content (AvgIpc) is 2.74. The molecule has 7 heteroatoms. The van der Waals surface area contributed by atoms with E-state index in [-0.39, 0.29) is 11.9 Å². The molecule has 0 aliphatic rings. The standard InChI is InChI=1S/C23H33N3O3S/c1-6-26(7-2)30(28,29)22-14-12-21(13-15-22)19(4)24-16-23(27)25(5)17-20-10-8-18(3)9-11-20/h8-15,19,24H,6-7,16-17H2,1-5H3/p+1/t19-/m1/s1. The molecule has 0 radical (unpaired) electrons. The van der Waals surface area contributed by atoms with Crippen molar-refractivity contribution in [2.45, 2.75) is 45.2 Å². The molecule has 0 spiro atoms. The van der Waals surface area contributed by atoms with Gasteiger partial charge in [-0.1, -0.05) is 55.8 Å². The molecule has 0 unspecified atom stereocenters. The minimum absolute atomic E-state index is 0.0481. The summed E-state index contributed by atoms with van der Waals surface area (Å²) in [7, 11) is -1.64. The molecule has 0 aliphatic heterocycles. The molecule has 2 aromatic carbocycles. The van der Waals surface area contributed by atoms with Gasteiger partial charge in [0.05, 0.1) is 4.90 Å². The maximum atomic E-state index is 12.6. The first-order valence-electron chi connectivity index (χ1n) is 10.4. The van der Waals surface area contributed by atoms with Crippen LogP contribution in [0.2, 0.25) is 0 Å². The van der Waals surface area contributed by atoms with Crippen LogP contribution in [0.4, 0.5) is 0 Å². The van der Waals surface area contributed by atoms with E-state index in [2.05, 4.69) is 0 Å². The van der Waals surface area contributed by atoms with Crippen molar-refractivity contribution in [3.63, 3.8) is 0 Å². The number of aryl methyl sites for hydroxylation is 1. The maximum Gasteiger partial charge on any atom is 0.277 e. The third kappa shape index (κ3) is 6.14. The van der Waals surface area contributed by atoms with Crippen LogP contribution in [-0.4, -0.2) is 50.2 Å². The van der Waals surface area contributed by atoms with Crippen molar-refractivity contribution in [3.8, 4) is 0 Å². The number of carbonyl (C=O) groups excluding carboxylic acids is 1. The lowest BCUT2D eigenvalue weighted by atomic mass is 10.1. The molecule has 2 rings (SSSR count). The molecule has 2 aromatic rings. The number of rotatable bonds is 10. The van der Waals surface area contributed by atoms with Crippen molar-refractivity contribution >= 4 is 15.9 Å². The summed E-state index contributed by atoms with van der Waals surface area (Å²) in [6.07, 6.45) is 0. The number of hydrogen-bond donors (Lipinski definition) is 1. The number of amides is 1. The van der Waals surface area contributed by atoms with Crippen molar-refractivity contribution in [2.24, 2.45) is 0 Å². The molecule has 0 heterocycles. The first-order valence-corrected chi connectivity index (χ1v) is 11.9. The van der Waals surface area contributed by atoms with Gasteiger partial charge in [-0.3, -0.25) is 4.79 Å². The Bertz CT molecular complexity index is 921. The molecule has 1 atom stereocenters. The van der Waals surface area contributed by atoms with Crippen molar-refractivity contribution in [2.75, 3.05) is 26.7 Å². The highest BCUT2D eigenvalue weighted by molar-refractivity contribution is 7.89. The number of quaternary nitrogens is 1. The minimum Gasteiger partial charge on any atom is -0.337 e. The van der Waals surface area contributed by atoms with Crippen molar-refractivity contribution < 1.29 is 18.5 Å². The molecule has 30 heavy (non-hydrogen) atoms. The molecular formula is C23H34N3O3S+. The van der Waals surface area contributed by atoms with Gasteiger partial charge in [0.2, 0.25) is 10.0 Å². The lowest BCUT2D eigenvalue weighted by molar-refractivity contribution is -0.683. The Morgan fingerprint density at radius 3 is 2.10 bits per heavy atom. The topological polar surface area (TPSA) is 74.3 Å². The van der Waals surface area contributed by atoms with Gasteiger partial charge in [-0.25, -0.2) is 8.42 Å². The second kappa shape index (κ2) is 10.7. The van der Waals surface area contributed by atoms with Gasteiger partial charge in [0, 0.05) is 32.2 Å². The Labute approximate surface area is 180 Å². The van der Waals surface area contributed by atoms with Crippen molar-refractivity contribution in [1.29, 1.82) is 0 Å². The number of likely N-dealkylation sites (N-methyl/N-ethyl adjacent to an activating group) is 1. The van der Waals surface area contributed by atoms with Crippen LogP contribution in [0.3, 0.4) is 0 Å². The lowest BCUT2D eigenvalue weighted by Crippen LogP contribution is -2.86. The molecule has 0 saturated carbocycles. The zero-order valence-corrected chi connectivity index (χ0v) is 19.4. The smallest absolute Gasteiger partial charge is 0.277 e.